The maximum Gasteiger partial charge on any atom is 0.190 e. The maximum atomic E-state index is 4.45. The number of rotatable bonds is 7. The zero-order valence-corrected chi connectivity index (χ0v) is 17.2. The van der Waals surface area contributed by atoms with Gasteiger partial charge in [0.05, 0.1) is 5.69 Å². The summed E-state index contributed by atoms with van der Waals surface area (Å²) in [5.41, 5.74) is 3.70. The van der Waals surface area contributed by atoms with E-state index in [1.54, 1.807) is 0 Å². The zero-order chi connectivity index (χ0) is 15.8. The molecule has 6 heteroatoms. The number of hydrogen-bond acceptors (Lipinski definition) is 2. The lowest BCUT2D eigenvalue weighted by Gasteiger charge is -2.16. The third-order valence-corrected chi connectivity index (χ3v) is 4.26. The molecule has 5 nitrogen and oxygen atoms in total. The molecule has 128 valence electrons. The van der Waals surface area contributed by atoms with Gasteiger partial charge in [-0.25, -0.2) is 0 Å². The third kappa shape index (κ3) is 6.14. The van der Waals surface area contributed by atoms with Crippen molar-refractivity contribution in [3.05, 3.63) is 17.0 Å². The van der Waals surface area contributed by atoms with E-state index < -0.39 is 0 Å². The Morgan fingerprint density at radius 2 is 1.86 bits per heavy atom. The molecule has 0 spiro atoms. The van der Waals surface area contributed by atoms with Crippen LogP contribution in [0.25, 0.3) is 0 Å². The molecular formula is C16H32IN5. The van der Waals surface area contributed by atoms with Crippen molar-refractivity contribution in [2.75, 3.05) is 20.1 Å². The number of aromatic nitrogens is 2. The first-order chi connectivity index (χ1) is 10.0. The van der Waals surface area contributed by atoms with Crippen LogP contribution in [0.5, 0.6) is 0 Å². The van der Waals surface area contributed by atoms with Crippen LogP contribution >= 0.6 is 24.0 Å². The molecule has 0 bridgehead atoms. The molecule has 0 unspecified atom stereocenters. The number of nitrogens with one attached hydrogen (secondary N) is 2. The molecule has 0 aromatic carbocycles. The largest absolute Gasteiger partial charge is 0.356 e. The van der Waals surface area contributed by atoms with E-state index in [-0.39, 0.29) is 24.0 Å². The van der Waals surface area contributed by atoms with Crippen LogP contribution in [0.4, 0.5) is 0 Å². The summed E-state index contributed by atoms with van der Waals surface area (Å²) in [7, 11) is 3.82. The topological polar surface area (TPSA) is 54.2 Å². The molecule has 0 saturated carbocycles. The molecule has 22 heavy (non-hydrogen) atoms. The minimum Gasteiger partial charge on any atom is -0.356 e. The first-order valence-electron chi connectivity index (χ1n) is 7.96. The standard InChI is InChI=1S/C16H31N5.HI/c1-7-14(8-2)11-19-16(17-5)18-10-9-15-12(3)20-21(6)13(15)4;/h14H,7-11H2,1-6H3,(H2,17,18,19);1H. The normalized spacial score (nSPS) is 11.5. The van der Waals surface area contributed by atoms with Crippen molar-refractivity contribution in [2.24, 2.45) is 18.0 Å². The molecule has 0 aliphatic heterocycles. The Hall–Kier alpha value is -0.790. The van der Waals surface area contributed by atoms with E-state index in [0.29, 0.717) is 5.92 Å². The fourth-order valence-corrected chi connectivity index (χ4v) is 2.52. The maximum absolute atomic E-state index is 4.45. The van der Waals surface area contributed by atoms with Gasteiger partial charge >= 0.3 is 0 Å². The molecule has 1 aromatic heterocycles. The number of aryl methyl sites for hydroxylation is 2. The molecule has 2 N–H and O–H groups in total. The van der Waals surface area contributed by atoms with Gasteiger partial charge < -0.3 is 10.6 Å². The number of hydrogen-bond donors (Lipinski definition) is 2. The van der Waals surface area contributed by atoms with E-state index in [0.717, 1.165) is 31.2 Å². The lowest BCUT2D eigenvalue weighted by atomic mass is 10.0. The second-order valence-corrected chi connectivity index (χ2v) is 5.59. The summed E-state index contributed by atoms with van der Waals surface area (Å²) in [4.78, 5) is 4.28. The summed E-state index contributed by atoms with van der Waals surface area (Å²) >= 11 is 0. The smallest absolute Gasteiger partial charge is 0.190 e. The monoisotopic (exact) mass is 421 g/mol. The third-order valence-electron chi connectivity index (χ3n) is 4.26. The molecular weight excluding hydrogens is 389 g/mol. The summed E-state index contributed by atoms with van der Waals surface area (Å²) in [6.45, 7) is 10.5. The highest BCUT2D eigenvalue weighted by molar-refractivity contribution is 14.0. The highest BCUT2D eigenvalue weighted by Crippen LogP contribution is 2.11. The molecule has 0 radical (unpaired) electrons. The number of halogens is 1. The Balaban J connectivity index is 0.00000441. The fraction of sp³-hybridized carbons (Fsp3) is 0.750. The minimum absolute atomic E-state index is 0. The van der Waals surface area contributed by atoms with Crippen LogP contribution < -0.4 is 10.6 Å². The number of nitrogens with zero attached hydrogens (tertiary/aromatic N) is 3. The van der Waals surface area contributed by atoms with E-state index in [9.17, 15) is 0 Å². The van der Waals surface area contributed by atoms with Gasteiger partial charge in [-0.3, -0.25) is 9.67 Å². The number of aliphatic imine (C=N–C) groups is 1. The van der Waals surface area contributed by atoms with Gasteiger partial charge in [0, 0.05) is 32.9 Å². The van der Waals surface area contributed by atoms with Crippen LogP contribution in [0.3, 0.4) is 0 Å². The Morgan fingerprint density at radius 3 is 2.32 bits per heavy atom. The van der Waals surface area contributed by atoms with Gasteiger partial charge in [-0.1, -0.05) is 26.7 Å². The molecule has 0 aliphatic rings. The van der Waals surface area contributed by atoms with Crippen molar-refractivity contribution in [1.29, 1.82) is 0 Å². The van der Waals surface area contributed by atoms with Crippen LogP contribution in [0.2, 0.25) is 0 Å². The Kier molecular flexibility index (Phi) is 10.5. The first-order valence-corrected chi connectivity index (χ1v) is 7.96. The zero-order valence-electron chi connectivity index (χ0n) is 14.9. The van der Waals surface area contributed by atoms with Crippen LogP contribution in [0.15, 0.2) is 4.99 Å². The molecule has 0 amide bonds. The number of guanidine groups is 1. The van der Waals surface area contributed by atoms with Crippen molar-refractivity contribution >= 4 is 29.9 Å². The predicted molar refractivity (Wildman–Crippen MR) is 105 cm³/mol. The lowest BCUT2D eigenvalue weighted by Crippen LogP contribution is -2.40. The summed E-state index contributed by atoms with van der Waals surface area (Å²) in [5, 5.41) is 11.3. The predicted octanol–water partition coefficient (Wildman–Crippen LogP) is 2.80. The Labute approximate surface area is 152 Å². The lowest BCUT2D eigenvalue weighted by molar-refractivity contribution is 0.481. The average molecular weight is 421 g/mol. The van der Waals surface area contributed by atoms with E-state index >= 15 is 0 Å². The van der Waals surface area contributed by atoms with Gasteiger partial charge in [-0.05, 0) is 31.7 Å². The average Bonchev–Trinajstić information content (AvgIpc) is 2.72. The Morgan fingerprint density at radius 1 is 1.23 bits per heavy atom. The van der Waals surface area contributed by atoms with Gasteiger partial charge in [-0.2, -0.15) is 5.10 Å². The summed E-state index contributed by atoms with van der Waals surface area (Å²) in [6, 6.07) is 0. The second kappa shape index (κ2) is 10.9. The van der Waals surface area contributed by atoms with Crippen LogP contribution in [0, 0.1) is 19.8 Å². The molecule has 0 fully saturated rings. The van der Waals surface area contributed by atoms with Gasteiger partial charge in [0.25, 0.3) is 0 Å². The van der Waals surface area contributed by atoms with Crippen LogP contribution in [-0.2, 0) is 13.5 Å². The van der Waals surface area contributed by atoms with Crippen molar-refractivity contribution in [1.82, 2.24) is 20.4 Å². The highest BCUT2D eigenvalue weighted by atomic mass is 127. The Bertz CT molecular complexity index is 463. The van der Waals surface area contributed by atoms with Crippen LogP contribution in [-0.4, -0.2) is 35.9 Å². The fourth-order valence-electron chi connectivity index (χ4n) is 2.52. The van der Waals surface area contributed by atoms with E-state index in [1.807, 2.05) is 18.8 Å². The minimum atomic E-state index is 0. The van der Waals surface area contributed by atoms with Crippen molar-refractivity contribution in [3.63, 3.8) is 0 Å². The summed E-state index contributed by atoms with van der Waals surface area (Å²) in [5.74, 6) is 1.60. The second-order valence-electron chi connectivity index (χ2n) is 5.59. The molecule has 0 aliphatic carbocycles. The molecule has 1 heterocycles. The van der Waals surface area contributed by atoms with Crippen molar-refractivity contribution in [3.8, 4) is 0 Å². The highest BCUT2D eigenvalue weighted by Gasteiger charge is 2.09. The van der Waals surface area contributed by atoms with Crippen molar-refractivity contribution < 1.29 is 0 Å². The van der Waals surface area contributed by atoms with E-state index in [4.69, 9.17) is 0 Å². The van der Waals surface area contributed by atoms with E-state index in [1.165, 1.54) is 24.1 Å². The summed E-state index contributed by atoms with van der Waals surface area (Å²) in [6.07, 6.45) is 3.38. The van der Waals surface area contributed by atoms with Gasteiger partial charge in [0.15, 0.2) is 5.96 Å². The quantitative estimate of drug-likeness (QED) is 0.405. The molecule has 1 rings (SSSR count). The first kappa shape index (κ1) is 21.2. The van der Waals surface area contributed by atoms with Gasteiger partial charge in [-0.15, -0.1) is 24.0 Å². The van der Waals surface area contributed by atoms with E-state index in [2.05, 4.69) is 48.4 Å². The van der Waals surface area contributed by atoms with Crippen molar-refractivity contribution in [2.45, 2.75) is 47.0 Å². The van der Waals surface area contributed by atoms with Crippen LogP contribution in [0.1, 0.15) is 43.6 Å². The molecule has 0 saturated heterocycles. The molecule has 0 atom stereocenters. The SMILES string of the molecule is CCC(CC)CNC(=NC)NCCc1c(C)nn(C)c1C.I. The van der Waals surface area contributed by atoms with Gasteiger partial charge in [0.1, 0.15) is 0 Å². The molecule has 1 aromatic rings. The van der Waals surface area contributed by atoms with Gasteiger partial charge in [0.2, 0.25) is 0 Å². The summed E-state index contributed by atoms with van der Waals surface area (Å²) < 4.78 is 1.95.